The largest absolute Gasteiger partial charge is 0.309 e. The van der Waals surface area contributed by atoms with Crippen LogP contribution in [0.1, 0.15) is 0 Å². The molecule has 0 fully saturated rings. The van der Waals surface area contributed by atoms with Gasteiger partial charge in [-0.05, 0) is 80.7 Å². The van der Waals surface area contributed by atoms with Crippen molar-refractivity contribution < 1.29 is 0 Å². The number of anilines is 3. The van der Waals surface area contributed by atoms with Gasteiger partial charge in [0.05, 0.1) is 28.1 Å². The Kier molecular flexibility index (Phi) is 8.19. The first kappa shape index (κ1) is 33.6. The molecule has 0 atom stereocenters. The van der Waals surface area contributed by atoms with E-state index in [2.05, 4.69) is 240 Å². The monoisotopic (exact) mass is 738 g/mol. The number of hydrogen-bond acceptors (Lipinski definition) is 1. The fourth-order valence-corrected chi connectivity index (χ4v) is 8.92. The number of para-hydroxylation sites is 4. The Labute approximate surface area is 338 Å². The van der Waals surface area contributed by atoms with Crippen LogP contribution in [0.5, 0.6) is 0 Å². The summed E-state index contributed by atoms with van der Waals surface area (Å²) in [5, 5.41) is 7.35. The van der Waals surface area contributed by atoms with Gasteiger partial charge in [0.25, 0.3) is 0 Å². The van der Waals surface area contributed by atoms with E-state index in [1.165, 1.54) is 65.7 Å². The van der Waals surface area contributed by atoms with E-state index < -0.39 is 0 Å². The minimum Gasteiger partial charge on any atom is -0.309 e. The second-order valence-electron chi connectivity index (χ2n) is 14.9. The average molecular weight is 739 g/mol. The number of hydrogen-bond donors (Lipinski definition) is 0. The van der Waals surface area contributed by atoms with Gasteiger partial charge in [0, 0.05) is 33.2 Å². The standard InChI is InChI=1S/C56H38N2/c1-2-18-41(19-3-1)46-24-8-13-30-53(46)58-55-32-15-11-27-50(55)51-36-35-44(38-56(51)58)57(52-29-12-9-25-47(52)43-34-33-39-17-4-5-21-42(39)37-43)54-31-14-10-26-49(54)48-28-16-22-40-20-6-7-23-45(40)48/h1-38H. The molecule has 0 radical (unpaired) electrons. The molecule has 2 nitrogen and oxygen atoms in total. The third kappa shape index (κ3) is 5.66. The van der Waals surface area contributed by atoms with Gasteiger partial charge in [-0.2, -0.15) is 0 Å². The van der Waals surface area contributed by atoms with Crippen LogP contribution in [0.15, 0.2) is 231 Å². The van der Waals surface area contributed by atoms with Gasteiger partial charge in [-0.25, -0.2) is 0 Å². The van der Waals surface area contributed by atoms with Crippen molar-refractivity contribution in [2.24, 2.45) is 0 Å². The van der Waals surface area contributed by atoms with Crippen molar-refractivity contribution in [2.45, 2.75) is 0 Å². The van der Waals surface area contributed by atoms with Crippen molar-refractivity contribution in [3.8, 4) is 39.1 Å². The highest BCUT2D eigenvalue weighted by Crippen LogP contribution is 2.47. The van der Waals surface area contributed by atoms with Crippen LogP contribution in [0.2, 0.25) is 0 Å². The summed E-state index contributed by atoms with van der Waals surface area (Å²) in [7, 11) is 0. The predicted octanol–water partition coefficient (Wildman–Crippen LogP) is 15.6. The van der Waals surface area contributed by atoms with E-state index in [-0.39, 0.29) is 0 Å². The van der Waals surface area contributed by atoms with Crippen LogP contribution in [-0.2, 0) is 0 Å². The zero-order chi connectivity index (χ0) is 38.4. The Bertz CT molecular complexity index is 3300. The van der Waals surface area contributed by atoms with Crippen molar-refractivity contribution in [3.05, 3.63) is 231 Å². The minimum absolute atomic E-state index is 1.08. The lowest BCUT2D eigenvalue weighted by Crippen LogP contribution is -2.12. The second-order valence-corrected chi connectivity index (χ2v) is 14.9. The number of fused-ring (bicyclic) bond motifs is 5. The summed E-state index contributed by atoms with van der Waals surface area (Å²) in [4.78, 5) is 2.48. The van der Waals surface area contributed by atoms with Gasteiger partial charge in [-0.1, -0.05) is 188 Å². The molecule has 58 heavy (non-hydrogen) atoms. The molecule has 11 rings (SSSR count). The Hall–Kier alpha value is -7.68. The molecule has 2 heteroatoms. The number of nitrogens with zero attached hydrogens (tertiary/aromatic N) is 2. The molecular formula is C56H38N2. The van der Waals surface area contributed by atoms with E-state index in [9.17, 15) is 0 Å². The quantitative estimate of drug-likeness (QED) is 0.158. The molecule has 0 aliphatic carbocycles. The van der Waals surface area contributed by atoms with Gasteiger partial charge < -0.3 is 9.47 Å². The zero-order valence-electron chi connectivity index (χ0n) is 31.8. The molecule has 1 aromatic heterocycles. The summed E-state index contributed by atoms with van der Waals surface area (Å²) < 4.78 is 2.46. The maximum Gasteiger partial charge on any atom is 0.0562 e. The Balaban J connectivity index is 1.21. The lowest BCUT2D eigenvalue weighted by molar-refractivity contribution is 1.18. The van der Waals surface area contributed by atoms with Gasteiger partial charge >= 0.3 is 0 Å². The molecule has 11 aromatic rings. The number of aromatic nitrogens is 1. The van der Waals surface area contributed by atoms with Gasteiger partial charge in [0.1, 0.15) is 0 Å². The van der Waals surface area contributed by atoms with E-state index in [1.807, 2.05) is 0 Å². The Morgan fingerprint density at radius 3 is 1.72 bits per heavy atom. The topological polar surface area (TPSA) is 8.17 Å². The molecule has 0 spiro atoms. The molecule has 0 saturated carbocycles. The average Bonchev–Trinajstić information content (AvgIpc) is 3.63. The smallest absolute Gasteiger partial charge is 0.0562 e. The van der Waals surface area contributed by atoms with E-state index >= 15 is 0 Å². The minimum atomic E-state index is 1.08. The molecular weight excluding hydrogens is 701 g/mol. The third-order valence-corrected chi connectivity index (χ3v) is 11.6. The molecule has 0 bridgehead atoms. The Morgan fingerprint density at radius 1 is 0.293 bits per heavy atom. The van der Waals surface area contributed by atoms with Crippen molar-refractivity contribution in [1.82, 2.24) is 4.57 Å². The van der Waals surface area contributed by atoms with Crippen molar-refractivity contribution in [1.29, 1.82) is 0 Å². The lowest BCUT2D eigenvalue weighted by atomic mass is 9.95. The van der Waals surface area contributed by atoms with Crippen LogP contribution in [-0.4, -0.2) is 4.57 Å². The SMILES string of the molecule is c1ccc(-c2ccccc2-n2c3ccccc3c3ccc(N(c4ccccc4-c4ccc5ccccc5c4)c4ccccc4-c4cccc5ccccc45)cc32)cc1. The molecule has 272 valence electrons. The van der Waals surface area contributed by atoms with Crippen LogP contribution in [0.3, 0.4) is 0 Å². The molecule has 0 amide bonds. The summed E-state index contributed by atoms with van der Waals surface area (Å²) in [6, 6.07) is 83.8. The molecule has 0 saturated heterocycles. The molecule has 0 unspecified atom stereocenters. The first-order valence-corrected chi connectivity index (χ1v) is 19.9. The predicted molar refractivity (Wildman–Crippen MR) is 247 cm³/mol. The van der Waals surface area contributed by atoms with Crippen LogP contribution in [0, 0.1) is 0 Å². The highest BCUT2D eigenvalue weighted by Gasteiger charge is 2.23. The highest BCUT2D eigenvalue weighted by molar-refractivity contribution is 6.11. The van der Waals surface area contributed by atoms with Crippen molar-refractivity contribution in [3.63, 3.8) is 0 Å². The maximum atomic E-state index is 2.48. The fraction of sp³-hybridized carbons (Fsp3) is 0. The second kappa shape index (κ2) is 14.1. The van der Waals surface area contributed by atoms with Gasteiger partial charge in [0.15, 0.2) is 0 Å². The molecule has 0 N–H and O–H groups in total. The summed E-state index contributed by atoms with van der Waals surface area (Å²) in [6.45, 7) is 0. The van der Waals surface area contributed by atoms with Gasteiger partial charge in [-0.15, -0.1) is 0 Å². The molecule has 0 aliphatic heterocycles. The van der Waals surface area contributed by atoms with Gasteiger partial charge in [-0.3, -0.25) is 0 Å². The normalized spacial score (nSPS) is 11.4. The summed E-state index contributed by atoms with van der Waals surface area (Å²) in [5.41, 5.74) is 13.9. The first-order chi connectivity index (χ1) is 28.8. The van der Waals surface area contributed by atoms with E-state index in [0.29, 0.717) is 0 Å². The highest BCUT2D eigenvalue weighted by atomic mass is 15.1. The summed E-state index contributed by atoms with van der Waals surface area (Å²) >= 11 is 0. The first-order valence-electron chi connectivity index (χ1n) is 19.9. The molecule has 1 heterocycles. The van der Waals surface area contributed by atoms with E-state index in [0.717, 1.165) is 33.8 Å². The van der Waals surface area contributed by atoms with Crippen molar-refractivity contribution in [2.75, 3.05) is 4.90 Å². The van der Waals surface area contributed by atoms with E-state index in [4.69, 9.17) is 0 Å². The number of rotatable bonds is 7. The van der Waals surface area contributed by atoms with Crippen molar-refractivity contribution >= 4 is 60.4 Å². The van der Waals surface area contributed by atoms with Crippen LogP contribution < -0.4 is 4.90 Å². The fourth-order valence-electron chi connectivity index (χ4n) is 8.92. The Morgan fingerprint density at radius 2 is 0.879 bits per heavy atom. The summed E-state index contributed by atoms with van der Waals surface area (Å²) in [6.07, 6.45) is 0. The molecule has 10 aromatic carbocycles. The molecule has 0 aliphatic rings. The van der Waals surface area contributed by atoms with Gasteiger partial charge in [0.2, 0.25) is 0 Å². The zero-order valence-corrected chi connectivity index (χ0v) is 31.8. The summed E-state index contributed by atoms with van der Waals surface area (Å²) in [5.74, 6) is 0. The van der Waals surface area contributed by atoms with Crippen LogP contribution >= 0.6 is 0 Å². The van der Waals surface area contributed by atoms with Crippen LogP contribution in [0.25, 0.3) is 82.4 Å². The number of benzene rings is 10. The maximum absolute atomic E-state index is 2.48. The lowest BCUT2D eigenvalue weighted by Gasteiger charge is -2.30. The van der Waals surface area contributed by atoms with E-state index in [1.54, 1.807) is 0 Å². The van der Waals surface area contributed by atoms with Crippen LogP contribution in [0.4, 0.5) is 17.1 Å². The third-order valence-electron chi connectivity index (χ3n) is 11.6.